The van der Waals surface area contributed by atoms with E-state index < -0.39 is 27.6 Å². The molecule has 1 atom stereocenters. The van der Waals surface area contributed by atoms with E-state index in [1.807, 2.05) is 0 Å². The highest BCUT2D eigenvalue weighted by Crippen LogP contribution is 2.30. The molecule has 1 rings (SSSR count). The summed E-state index contributed by atoms with van der Waals surface area (Å²) < 4.78 is 63.4. The van der Waals surface area contributed by atoms with E-state index in [4.69, 9.17) is 5.73 Å². The molecule has 1 amide bonds. The van der Waals surface area contributed by atoms with Gasteiger partial charge in [-0.1, -0.05) is 0 Å². The summed E-state index contributed by atoms with van der Waals surface area (Å²) in [5, 5.41) is 0. The largest absolute Gasteiger partial charge is 0.415 e. The van der Waals surface area contributed by atoms with E-state index in [1.54, 1.807) is 0 Å². The van der Waals surface area contributed by atoms with Crippen molar-refractivity contribution >= 4 is 15.9 Å². The van der Waals surface area contributed by atoms with Crippen LogP contribution < -0.4 is 10.5 Å². The number of halogens is 3. The molecule has 0 radical (unpaired) electrons. The Bertz CT molecular complexity index is 483. The minimum Gasteiger partial charge on any atom is -0.341 e. The number of nitrogens with one attached hydrogen (secondary N) is 1. The number of alkyl halides is 3. The Morgan fingerprint density at radius 2 is 1.81 bits per heavy atom. The zero-order chi connectivity index (χ0) is 16.5. The standard InChI is InChI=1S/C11H20F3N3O3S/c1-3-21(19,20)16-8-4-6-17(7-5-8)9(18)10(2,15)11(12,13)14/h8,16H,3-7,15H2,1-2H3. The van der Waals surface area contributed by atoms with Gasteiger partial charge >= 0.3 is 6.18 Å². The van der Waals surface area contributed by atoms with Gasteiger partial charge in [-0.05, 0) is 26.7 Å². The van der Waals surface area contributed by atoms with Gasteiger partial charge in [0.25, 0.3) is 5.91 Å². The summed E-state index contributed by atoms with van der Waals surface area (Å²) in [4.78, 5) is 12.9. The van der Waals surface area contributed by atoms with Gasteiger partial charge in [0.1, 0.15) is 0 Å². The van der Waals surface area contributed by atoms with Crippen LogP contribution in [0.4, 0.5) is 13.2 Å². The number of likely N-dealkylation sites (tertiary alicyclic amines) is 1. The van der Waals surface area contributed by atoms with Crippen LogP contribution >= 0.6 is 0 Å². The number of rotatable bonds is 4. The van der Waals surface area contributed by atoms with Crippen LogP contribution in [0.3, 0.4) is 0 Å². The van der Waals surface area contributed by atoms with Gasteiger partial charge < -0.3 is 10.6 Å². The van der Waals surface area contributed by atoms with E-state index in [1.165, 1.54) is 6.92 Å². The summed E-state index contributed by atoms with van der Waals surface area (Å²) in [6.45, 7) is 2.21. The van der Waals surface area contributed by atoms with Gasteiger partial charge in [0.15, 0.2) is 5.54 Å². The van der Waals surface area contributed by atoms with Crippen LogP contribution in [0.2, 0.25) is 0 Å². The number of nitrogens with zero attached hydrogens (tertiary/aromatic N) is 1. The minimum atomic E-state index is -4.83. The maximum atomic E-state index is 12.7. The Morgan fingerprint density at radius 1 is 1.33 bits per heavy atom. The number of hydrogen-bond donors (Lipinski definition) is 2. The van der Waals surface area contributed by atoms with Crippen molar-refractivity contribution in [1.29, 1.82) is 0 Å². The molecule has 124 valence electrons. The van der Waals surface area contributed by atoms with Crippen LogP contribution in [-0.4, -0.2) is 55.8 Å². The van der Waals surface area contributed by atoms with E-state index in [0.29, 0.717) is 6.92 Å². The summed E-state index contributed by atoms with van der Waals surface area (Å²) in [5.41, 5.74) is 2.17. The second-order valence-electron chi connectivity index (χ2n) is 5.29. The molecule has 21 heavy (non-hydrogen) atoms. The lowest BCUT2D eigenvalue weighted by Crippen LogP contribution is -2.63. The SMILES string of the molecule is CCS(=O)(=O)NC1CCN(C(=O)C(C)(N)C(F)(F)F)CC1. The quantitative estimate of drug-likeness (QED) is 0.769. The molecule has 0 aromatic rings. The fourth-order valence-corrected chi connectivity index (χ4v) is 2.90. The smallest absolute Gasteiger partial charge is 0.341 e. The number of carbonyl (C=O) groups excluding carboxylic acids is 1. The minimum absolute atomic E-state index is 0.0403. The zero-order valence-electron chi connectivity index (χ0n) is 11.9. The predicted molar refractivity (Wildman–Crippen MR) is 70.8 cm³/mol. The van der Waals surface area contributed by atoms with Crippen molar-refractivity contribution in [1.82, 2.24) is 9.62 Å². The van der Waals surface area contributed by atoms with E-state index in [2.05, 4.69) is 4.72 Å². The third-order valence-corrected chi connectivity index (χ3v) is 4.99. The highest BCUT2D eigenvalue weighted by Gasteiger charge is 2.55. The van der Waals surface area contributed by atoms with Crippen molar-refractivity contribution < 1.29 is 26.4 Å². The van der Waals surface area contributed by atoms with Crippen LogP contribution in [-0.2, 0) is 14.8 Å². The third-order valence-electron chi connectivity index (χ3n) is 3.54. The van der Waals surface area contributed by atoms with Crippen LogP contribution in [0.25, 0.3) is 0 Å². The summed E-state index contributed by atoms with van der Waals surface area (Å²) in [7, 11) is -3.37. The van der Waals surface area contributed by atoms with Gasteiger partial charge in [-0.25, -0.2) is 13.1 Å². The van der Waals surface area contributed by atoms with Crippen molar-refractivity contribution in [2.75, 3.05) is 18.8 Å². The molecule has 3 N–H and O–H groups in total. The first-order chi connectivity index (χ1) is 9.40. The molecule has 0 bridgehead atoms. The molecule has 0 aromatic carbocycles. The fourth-order valence-electron chi connectivity index (χ4n) is 1.99. The highest BCUT2D eigenvalue weighted by molar-refractivity contribution is 7.89. The molecule has 1 aliphatic heterocycles. The Morgan fingerprint density at radius 3 is 2.19 bits per heavy atom. The number of amides is 1. The molecule has 1 heterocycles. The molecule has 0 aromatic heterocycles. The summed E-state index contributed by atoms with van der Waals surface area (Å²) >= 11 is 0. The monoisotopic (exact) mass is 331 g/mol. The topological polar surface area (TPSA) is 92.5 Å². The highest BCUT2D eigenvalue weighted by atomic mass is 32.2. The van der Waals surface area contributed by atoms with Crippen LogP contribution in [0, 0.1) is 0 Å². The molecule has 1 unspecified atom stereocenters. The number of hydrogen-bond acceptors (Lipinski definition) is 4. The van der Waals surface area contributed by atoms with E-state index in [0.717, 1.165) is 4.90 Å². The number of carbonyl (C=O) groups is 1. The summed E-state index contributed by atoms with van der Waals surface area (Å²) in [6.07, 6.45) is -4.30. The fraction of sp³-hybridized carbons (Fsp3) is 0.909. The van der Waals surface area contributed by atoms with Crippen LogP contribution in [0.1, 0.15) is 26.7 Å². The van der Waals surface area contributed by atoms with Gasteiger partial charge in [0.05, 0.1) is 5.75 Å². The third kappa shape index (κ3) is 4.30. The lowest BCUT2D eigenvalue weighted by atomic mass is 9.98. The summed E-state index contributed by atoms with van der Waals surface area (Å²) in [5.74, 6) is -1.26. The second-order valence-corrected chi connectivity index (χ2v) is 7.33. The zero-order valence-corrected chi connectivity index (χ0v) is 12.7. The molecular formula is C11H20F3N3O3S. The predicted octanol–water partition coefficient (Wildman–Crippen LogP) is 0.196. The number of sulfonamides is 1. The lowest BCUT2D eigenvalue weighted by Gasteiger charge is -2.37. The molecular weight excluding hydrogens is 311 g/mol. The first-order valence-electron chi connectivity index (χ1n) is 6.55. The summed E-state index contributed by atoms with van der Waals surface area (Å²) in [6, 6.07) is -0.367. The van der Waals surface area contributed by atoms with Gasteiger partial charge in [0.2, 0.25) is 10.0 Å². The second kappa shape index (κ2) is 6.09. The average Bonchev–Trinajstić information content (AvgIpc) is 2.37. The van der Waals surface area contributed by atoms with Crippen molar-refractivity contribution in [3.05, 3.63) is 0 Å². The number of nitrogens with two attached hydrogens (primary N) is 1. The van der Waals surface area contributed by atoms with E-state index in [9.17, 15) is 26.4 Å². The molecule has 1 aliphatic rings. The average molecular weight is 331 g/mol. The van der Waals surface area contributed by atoms with Crippen molar-refractivity contribution in [2.24, 2.45) is 5.73 Å². The van der Waals surface area contributed by atoms with Crippen LogP contribution in [0.5, 0.6) is 0 Å². The van der Waals surface area contributed by atoms with E-state index in [-0.39, 0.29) is 37.7 Å². The molecule has 0 saturated carbocycles. The molecule has 6 nitrogen and oxygen atoms in total. The normalized spacial score (nSPS) is 21.1. The Balaban J connectivity index is 2.63. The van der Waals surface area contributed by atoms with Gasteiger partial charge in [-0.3, -0.25) is 4.79 Å². The molecule has 1 fully saturated rings. The first kappa shape index (κ1) is 18.2. The van der Waals surface area contributed by atoms with Gasteiger partial charge in [-0.2, -0.15) is 13.2 Å². The Kier molecular flexibility index (Phi) is 5.27. The Labute approximate surface area is 121 Å². The van der Waals surface area contributed by atoms with Crippen molar-refractivity contribution in [2.45, 2.75) is 44.4 Å². The molecule has 0 aliphatic carbocycles. The van der Waals surface area contributed by atoms with E-state index >= 15 is 0 Å². The molecule has 1 saturated heterocycles. The molecule has 10 heteroatoms. The van der Waals surface area contributed by atoms with Gasteiger partial charge in [-0.15, -0.1) is 0 Å². The van der Waals surface area contributed by atoms with Gasteiger partial charge in [0, 0.05) is 19.1 Å². The van der Waals surface area contributed by atoms with Crippen molar-refractivity contribution in [3.63, 3.8) is 0 Å². The first-order valence-corrected chi connectivity index (χ1v) is 8.21. The maximum Gasteiger partial charge on any atom is 0.415 e. The maximum absolute atomic E-state index is 12.7. The lowest BCUT2D eigenvalue weighted by molar-refractivity contribution is -0.194. The Hall–Kier alpha value is -0.870. The number of piperidine rings is 1. The van der Waals surface area contributed by atoms with Crippen molar-refractivity contribution in [3.8, 4) is 0 Å². The molecule has 0 spiro atoms. The van der Waals surface area contributed by atoms with Crippen LogP contribution in [0.15, 0.2) is 0 Å².